The summed E-state index contributed by atoms with van der Waals surface area (Å²) < 4.78 is 10.6. The Morgan fingerprint density at radius 2 is 1.70 bits per heavy atom. The van der Waals surface area contributed by atoms with Crippen molar-refractivity contribution in [3.05, 3.63) is 59.2 Å². The molecule has 2 aromatic rings. The van der Waals surface area contributed by atoms with E-state index < -0.39 is 6.10 Å². The topological polar surface area (TPSA) is 38.7 Å². The van der Waals surface area contributed by atoms with E-state index in [2.05, 4.69) is 0 Å². The summed E-state index contributed by atoms with van der Waals surface area (Å²) in [7, 11) is 3.28. The molecule has 0 saturated heterocycles. The molecule has 0 heterocycles. The largest absolute Gasteiger partial charge is 0.496 e. The van der Waals surface area contributed by atoms with E-state index in [-0.39, 0.29) is 0 Å². The molecule has 3 heteroatoms. The molecule has 3 nitrogen and oxygen atoms in total. The van der Waals surface area contributed by atoms with Crippen LogP contribution >= 0.6 is 0 Å². The molecule has 20 heavy (non-hydrogen) atoms. The molecule has 1 unspecified atom stereocenters. The summed E-state index contributed by atoms with van der Waals surface area (Å²) >= 11 is 0. The zero-order valence-corrected chi connectivity index (χ0v) is 12.1. The van der Waals surface area contributed by atoms with Gasteiger partial charge in [-0.05, 0) is 35.7 Å². The Bertz CT molecular complexity index is 578. The quantitative estimate of drug-likeness (QED) is 0.907. The van der Waals surface area contributed by atoms with Crippen molar-refractivity contribution in [3.8, 4) is 11.5 Å². The second-order valence-electron chi connectivity index (χ2n) is 4.76. The number of aryl methyl sites for hydroxylation is 1. The van der Waals surface area contributed by atoms with Crippen molar-refractivity contribution in [2.24, 2.45) is 0 Å². The Hall–Kier alpha value is -2.00. The normalized spacial score (nSPS) is 12.0. The highest BCUT2D eigenvalue weighted by Crippen LogP contribution is 2.28. The van der Waals surface area contributed by atoms with Gasteiger partial charge in [-0.25, -0.2) is 0 Å². The highest BCUT2D eigenvalue weighted by molar-refractivity contribution is 5.39. The zero-order valence-electron chi connectivity index (χ0n) is 12.1. The minimum absolute atomic E-state index is 0.510. The maximum Gasteiger partial charge on any atom is 0.122 e. The second kappa shape index (κ2) is 6.44. The lowest BCUT2D eigenvalue weighted by molar-refractivity contribution is 0.177. The monoisotopic (exact) mass is 272 g/mol. The molecule has 1 N–H and O–H groups in total. The van der Waals surface area contributed by atoms with Crippen molar-refractivity contribution in [1.29, 1.82) is 0 Å². The highest BCUT2D eigenvalue weighted by Gasteiger charge is 2.13. The lowest BCUT2D eigenvalue weighted by Gasteiger charge is -2.15. The third kappa shape index (κ3) is 3.11. The summed E-state index contributed by atoms with van der Waals surface area (Å²) in [6.07, 6.45) is -0.0724. The predicted octanol–water partition coefficient (Wildman–Crippen LogP) is 3.29. The van der Waals surface area contributed by atoms with Crippen molar-refractivity contribution in [2.75, 3.05) is 14.2 Å². The molecule has 2 rings (SSSR count). The maximum atomic E-state index is 10.4. The third-order valence-electron chi connectivity index (χ3n) is 3.42. The molecule has 0 aliphatic carbocycles. The number of para-hydroxylation sites is 1. The van der Waals surface area contributed by atoms with Gasteiger partial charge in [0.25, 0.3) is 0 Å². The molecular weight excluding hydrogens is 252 g/mol. The van der Waals surface area contributed by atoms with Gasteiger partial charge in [0, 0.05) is 6.42 Å². The molecule has 2 aromatic carbocycles. The lowest BCUT2D eigenvalue weighted by Crippen LogP contribution is -2.04. The van der Waals surface area contributed by atoms with Crippen molar-refractivity contribution >= 4 is 0 Å². The van der Waals surface area contributed by atoms with Gasteiger partial charge in [0.1, 0.15) is 11.5 Å². The summed E-state index contributed by atoms with van der Waals surface area (Å²) in [4.78, 5) is 0. The fraction of sp³-hybridized carbons (Fsp3) is 0.294. The first-order valence-electron chi connectivity index (χ1n) is 6.60. The van der Waals surface area contributed by atoms with Crippen molar-refractivity contribution in [2.45, 2.75) is 19.4 Å². The molecule has 106 valence electrons. The molecule has 0 radical (unpaired) electrons. The van der Waals surface area contributed by atoms with Gasteiger partial charge in [0.15, 0.2) is 0 Å². The summed E-state index contributed by atoms with van der Waals surface area (Å²) in [5.74, 6) is 1.59. The van der Waals surface area contributed by atoms with Crippen molar-refractivity contribution in [1.82, 2.24) is 0 Å². The number of aliphatic hydroxyl groups excluding tert-OH is 1. The van der Waals surface area contributed by atoms with Gasteiger partial charge in [0.05, 0.1) is 20.3 Å². The van der Waals surface area contributed by atoms with Crippen LogP contribution in [0.15, 0.2) is 42.5 Å². The third-order valence-corrected chi connectivity index (χ3v) is 3.42. The fourth-order valence-electron chi connectivity index (χ4n) is 2.24. The van der Waals surface area contributed by atoms with Crippen molar-refractivity contribution in [3.63, 3.8) is 0 Å². The molecule has 0 fully saturated rings. The van der Waals surface area contributed by atoms with E-state index in [0.29, 0.717) is 6.42 Å². The minimum Gasteiger partial charge on any atom is -0.496 e. The van der Waals surface area contributed by atoms with Gasteiger partial charge in [-0.15, -0.1) is 0 Å². The summed E-state index contributed by atoms with van der Waals surface area (Å²) in [5.41, 5.74) is 2.89. The molecule has 0 aromatic heterocycles. The minimum atomic E-state index is -0.583. The van der Waals surface area contributed by atoms with E-state index in [9.17, 15) is 5.11 Å². The molecule has 0 saturated carbocycles. The van der Waals surface area contributed by atoms with Crippen molar-refractivity contribution < 1.29 is 14.6 Å². The van der Waals surface area contributed by atoms with Crippen LogP contribution in [-0.4, -0.2) is 19.3 Å². The van der Waals surface area contributed by atoms with Gasteiger partial charge in [-0.3, -0.25) is 0 Å². The molecule has 0 amide bonds. The van der Waals surface area contributed by atoms with Gasteiger partial charge in [0.2, 0.25) is 0 Å². The van der Waals surface area contributed by atoms with Crippen LogP contribution in [0.25, 0.3) is 0 Å². The van der Waals surface area contributed by atoms with E-state index in [1.807, 2.05) is 49.4 Å². The predicted molar refractivity (Wildman–Crippen MR) is 79.4 cm³/mol. The smallest absolute Gasteiger partial charge is 0.122 e. The SMILES string of the molecule is COc1cc(C(O)Cc2ccccc2OC)ccc1C. The summed E-state index contributed by atoms with van der Waals surface area (Å²) in [6.45, 7) is 1.98. The van der Waals surface area contributed by atoms with Crippen LogP contribution in [0.3, 0.4) is 0 Å². The first-order chi connectivity index (χ1) is 9.65. The highest BCUT2D eigenvalue weighted by atomic mass is 16.5. The van der Waals surface area contributed by atoms with Gasteiger partial charge < -0.3 is 14.6 Å². The molecule has 1 atom stereocenters. The van der Waals surface area contributed by atoms with E-state index >= 15 is 0 Å². The standard InChI is InChI=1S/C17H20O3/c1-12-8-9-13(11-17(12)20-3)15(18)10-14-6-4-5-7-16(14)19-2/h4-9,11,15,18H,10H2,1-3H3. The number of methoxy groups -OCH3 is 2. The summed E-state index contributed by atoms with van der Waals surface area (Å²) in [5, 5.41) is 10.4. The van der Waals surface area contributed by atoms with Gasteiger partial charge in [-0.2, -0.15) is 0 Å². The first kappa shape index (κ1) is 14.4. The molecule has 0 spiro atoms. The van der Waals surface area contributed by atoms with Crippen LogP contribution in [0.1, 0.15) is 22.8 Å². The van der Waals surface area contributed by atoms with Crippen LogP contribution in [0.5, 0.6) is 11.5 Å². The van der Waals surface area contributed by atoms with Gasteiger partial charge in [-0.1, -0.05) is 30.3 Å². The van der Waals surface area contributed by atoms with Crippen LogP contribution in [0, 0.1) is 6.92 Å². The first-order valence-corrected chi connectivity index (χ1v) is 6.60. The Balaban J connectivity index is 2.21. The lowest BCUT2D eigenvalue weighted by atomic mass is 9.99. The van der Waals surface area contributed by atoms with E-state index in [1.165, 1.54) is 0 Å². The van der Waals surface area contributed by atoms with Crippen LogP contribution < -0.4 is 9.47 Å². The molecule has 0 bridgehead atoms. The maximum absolute atomic E-state index is 10.4. The average molecular weight is 272 g/mol. The Morgan fingerprint density at radius 1 is 1.00 bits per heavy atom. The van der Waals surface area contributed by atoms with Crippen LogP contribution in [0.4, 0.5) is 0 Å². The second-order valence-corrected chi connectivity index (χ2v) is 4.76. The Morgan fingerprint density at radius 3 is 2.40 bits per heavy atom. The van der Waals surface area contributed by atoms with E-state index in [4.69, 9.17) is 9.47 Å². The molecule has 0 aliphatic rings. The van der Waals surface area contributed by atoms with Gasteiger partial charge >= 0.3 is 0 Å². The Kier molecular flexibility index (Phi) is 4.64. The van der Waals surface area contributed by atoms with Crippen LogP contribution in [-0.2, 0) is 6.42 Å². The Labute approximate surface area is 119 Å². The number of ether oxygens (including phenoxy) is 2. The number of hydrogen-bond acceptors (Lipinski definition) is 3. The van der Waals surface area contributed by atoms with Crippen LogP contribution in [0.2, 0.25) is 0 Å². The fourth-order valence-corrected chi connectivity index (χ4v) is 2.24. The molecule has 0 aliphatic heterocycles. The number of aliphatic hydroxyl groups is 1. The van der Waals surface area contributed by atoms with E-state index in [1.54, 1.807) is 14.2 Å². The van der Waals surface area contributed by atoms with E-state index in [0.717, 1.165) is 28.2 Å². The summed E-state index contributed by atoms with van der Waals surface area (Å²) in [6, 6.07) is 13.5. The number of rotatable bonds is 5. The average Bonchev–Trinajstić information content (AvgIpc) is 2.48. The number of hydrogen-bond donors (Lipinski definition) is 1. The number of benzene rings is 2. The molecular formula is C17H20O3. The zero-order chi connectivity index (χ0) is 14.5.